The predicted octanol–water partition coefficient (Wildman–Crippen LogP) is 2.34. The van der Waals surface area contributed by atoms with Crippen LogP contribution in [0, 0.1) is 5.92 Å². The van der Waals surface area contributed by atoms with Gasteiger partial charge in [-0.3, -0.25) is 9.59 Å². The van der Waals surface area contributed by atoms with E-state index in [4.69, 9.17) is 10.8 Å². The Morgan fingerprint density at radius 1 is 1.33 bits per heavy atom. The van der Waals surface area contributed by atoms with Gasteiger partial charge in [0.25, 0.3) is 5.56 Å². The number of aromatic nitrogens is 1. The van der Waals surface area contributed by atoms with Crippen LogP contribution in [0.4, 0.5) is 5.69 Å². The van der Waals surface area contributed by atoms with E-state index in [1.807, 2.05) is 0 Å². The van der Waals surface area contributed by atoms with Crippen molar-refractivity contribution in [3.8, 4) is 0 Å². The van der Waals surface area contributed by atoms with Gasteiger partial charge >= 0.3 is 11.9 Å². The Hall–Kier alpha value is -2.35. The number of hydrogen-bond donors (Lipinski definition) is 3. The SMILES string of the molecule is CCC(CC(=O)O)C(CC)(C(=O)O)n1sc2cc(N)ccc2c1=O. The Balaban J connectivity index is 2.77. The summed E-state index contributed by atoms with van der Waals surface area (Å²) in [4.78, 5) is 36.1. The predicted molar refractivity (Wildman–Crippen MR) is 92.4 cm³/mol. The summed E-state index contributed by atoms with van der Waals surface area (Å²) in [7, 11) is 0. The van der Waals surface area contributed by atoms with E-state index in [-0.39, 0.29) is 12.8 Å². The second-order valence-electron chi connectivity index (χ2n) is 5.73. The van der Waals surface area contributed by atoms with E-state index < -0.39 is 29.0 Å². The Morgan fingerprint density at radius 3 is 2.50 bits per heavy atom. The van der Waals surface area contributed by atoms with Crippen molar-refractivity contribution in [1.29, 1.82) is 0 Å². The summed E-state index contributed by atoms with van der Waals surface area (Å²) in [6.07, 6.45) is 0.116. The molecule has 0 fully saturated rings. The van der Waals surface area contributed by atoms with Gasteiger partial charge in [-0.05, 0) is 31.0 Å². The van der Waals surface area contributed by atoms with Crippen molar-refractivity contribution in [3.05, 3.63) is 28.6 Å². The first kappa shape index (κ1) is 18.0. The monoisotopic (exact) mass is 352 g/mol. The normalized spacial score (nSPS) is 15.1. The van der Waals surface area contributed by atoms with Gasteiger partial charge in [-0.15, -0.1) is 0 Å². The third kappa shape index (κ3) is 2.77. The van der Waals surface area contributed by atoms with E-state index in [2.05, 4.69) is 0 Å². The zero-order valence-electron chi connectivity index (χ0n) is 13.5. The molecule has 2 rings (SSSR count). The maximum atomic E-state index is 12.8. The number of carboxylic acids is 2. The molecule has 0 saturated heterocycles. The molecule has 1 aromatic heterocycles. The average Bonchev–Trinajstić information content (AvgIpc) is 2.83. The molecule has 0 amide bonds. The van der Waals surface area contributed by atoms with Crippen molar-refractivity contribution in [2.75, 3.05) is 5.73 Å². The average molecular weight is 352 g/mol. The smallest absolute Gasteiger partial charge is 0.331 e. The highest BCUT2D eigenvalue weighted by molar-refractivity contribution is 7.14. The third-order valence-corrected chi connectivity index (χ3v) is 5.68. The number of carboxylic acid groups (broad SMARTS) is 2. The maximum absolute atomic E-state index is 12.8. The van der Waals surface area contributed by atoms with Crippen LogP contribution in [-0.4, -0.2) is 26.1 Å². The Bertz CT molecular complexity index is 841. The molecule has 2 unspecified atom stereocenters. The number of benzene rings is 1. The molecule has 0 saturated carbocycles. The lowest BCUT2D eigenvalue weighted by Crippen LogP contribution is -2.51. The second-order valence-corrected chi connectivity index (χ2v) is 6.72. The van der Waals surface area contributed by atoms with Crippen LogP contribution in [0.1, 0.15) is 33.1 Å². The van der Waals surface area contributed by atoms with Crippen molar-refractivity contribution in [3.63, 3.8) is 0 Å². The molecule has 0 aliphatic heterocycles. The lowest BCUT2D eigenvalue weighted by atomic mass is 9.78. The van der Waals surface area contributed by atoms with Crippen molar-refractivity contribution in [2.45, 2.75) is 38.6 Å². The molecule has 0 bridgehead atoms. The van der Waals surface area contributed by atoms with Crippen LogP contribution in [-0.2, 0) is 15.1 Å². The molecule has 0 radical (unpaired) electrons. The van der Waals surface area contributed by atoms with Gasteiger partial charge in [-0.1, -0.05) is 25.4 Å². The molecule has 4 N–H and O–H groups in total. The van der Waals surface area contributed by atoms with Crippen molar-refractivity contribution in [1.82, 2.24) is 3.96 Å². The van der Waals surface area contributed by atoms with Crippen molar-refractivity contribution in [2.24, 2.45) is 5.92 Å². The number of hydrogen-bond acceptors (Lipinski definition) is 5. The number of rotatable bonds is 7. The number of nitrogens with two attached hydrogens (primary N) is 1. The quantitative estimate of drug-likeness (QED) is 0.657. The van der Waals surface area contributed by atoms with E-state index >= 15 is 0 Å². The number of fused-ring (bicyclic) bond motifs is 1. The molecule has 7 nitrogen and oxygen atoms in total. The zero-order valence-corrected chi connectivity index (χ0v) is 14.3. The van der Waals surface area contributed by atoms with Crippen molar-refractivity contribution >= 4 is 39.2 Å². The first-order chi connectivity index (χ1) is 11.3. The fourth-order valence-electron chi connectivity index (χ4n) is 3.18. The summed E-state index contributed by atoms with van der Waals surface area (Å²) >= 11 is 1.02. The third-order valence-electron chi connectivity index (χ3n) is 4.47. The summed E-state index contributed by atoms with van der Waals surface area (Å²) < 4.78 is 1.81. The molecule has 0 aliphatic rings. The number of nitrogens with zero attached hydrogens (tertiary/aromatic N) is 1. The standard InChI is InChI=1S/C16H20N2O5S/c1-3-9(7-13(19)20)16(4-2,15(22)23)18-14(21)11-6-5-10(17)8-12(11)24-18/h5-6,8-9H,3-4,7,17H2,1-2H3,(H,19,20)(H,22,23). The molecule has 1 aromatic carbocycles. The maximum Gasteiger partial charge on any atom is 0.331 e. The van der Waals surface area contributed by atoms with Crippen LogP contribution in [0.5, 0.6) is 0 Å². The van der Waals surface area contributed by atoms with Crippen LogP contribution in [0.2, 0.25) is 0 Å². The highest BCUT2D eigenvalue weighted by Gasteiger charge is 2.48. The number of carbonyl (C=O) groups is 2. The van der Waals surface area contributed by atoms with Gasteiger partial charge in [-0.25, -0.2) is 8.75 Å². The second kappa shape index (κ2) is 6.64. The molecular weight excluding hydrogens is 332 g/mol. The van der Waals surface area contributed by atoms with Crippen LogP contribution in [0.3, 0.4) is 0 Å². The number of nitrogen functional groups attached to an aromatic ring is 1. The summed E-state index contributed by atoms with van der Waals surface area (Å²) in [5.41, 5.74) is 4.19. The molecule has 2 aromatic rings. The minimum Gasteiger partial charge on any atom is -0.481 e. The van der Waals surface area contributed by atoms with Gasteiger partial charge in [0.05, 0.1) is 16.5 Å². The number of anilines is 1. The first-order valence-electron chi connectivity index (χ1n) is 7.65. The molecular formula is C16H20N2O5S. The van der Waals surface area contributed by atoms with Gasteiger partial charge in [0.1, 0.15) is 0 Å². The lowest BCUT2D eigenvalue weighted by molar-refractivity contribution is -0.152. The highest BCUT2D eigenvalue weighted by Crippen LogP contribution is 2.37. The summed E-state index contributed by atoms with van der Waals surface area (Å²) in [6, 6.07) is 4.78. The van der Waals surface area contributed by atoms with E-state index in [9.17, 15) is 19.5 Å². The minimum atomic E-state index is -1.59. The van der Waals surface area contributed by atoms with Crippen molar-refractivity contribution < 1.29 is 19.8 Å². The zero-order chi connectivity index (χ0) is 18.1. The van der Waals surface area contributed by atoms with Gasteiger partial charge < -0.3 is 15.9 Å². The van der Waals surface area contributed by atoms with Crippen LogP contribution < -0.4 is 11.3 Å². The van der Waals surface area contributed by atoms with Gasteiger partial charge in [0.2, 0.25) is 0 Å². The van der Waals surface area contributed by atoms with Crippen LogP contribution in [0.15, 0.2) is 23.0 Å². The fourth-order valence-corrected chi connectivity index (χ4v) is 4.52. The van der Waals surface area contributed by atoms with Gasteiger partial charge in [-0.2, -0.15) is 0 Å². The number of aliphatic carboxylic acids is 2. The highest BCUT2D eigenvalue weighted by atomic mass is 32.1. The molecule has 8 heteroatoms. The first-order valence-corrected chi connectivity index (χ1v) is 8.42. The topological polar surface area (TPSA) is 123 Å². The molecule has 24 heavy (non-hydrogen) atoms. The largest absolute Gasteiger partial charge is 0.481 e. The van der Waals surface area contributed by atoms with E-state index in [0.29, 0.717) is 22.2 Å². The Labute approximate surface area is 142 Å². The van der Waals surface area contributed by atoms with Crippen LogP contribution in [0.25, 0.3) is 10.1 Å². The molecule has 2 atom stereocenters. The molecule has 130 valence electrons. The van der Waals surface area contributed by atoms with Gasteiger partial charge in [0.15, 0.2) is 5.54 Å². The summed E-state index contributed by atoms with van der Waals surface area (Å²) in [6.45, 7) is 3.39. The van der Waals surface area contributed by atoms with E-state index in [0.717, 1.165) is 11.5 Å². The molecule has 1 heterocycles. The Kier molecular flexibility index (Phi) is 4.98. The fraction of sp³-hybridized carbons (Fsp3) is 0.438. The van der Waals surface area contributed by atoms with E-state index in [1.54, 1.807) is 32.0 Å². The van der Waals surface area contributed by atoms with Crippen LogP contribution >= 0.6 is 11.5 Å². The summed E-state index contributed by atoms with van der Waals surface area (Å²) in [5, 5.41) is 19.5. The molecule has 0 aliphatic carbocycles. The molecule has 0 spiro atoms. The Morgan fingerprint density at radius 2 is 2.00 bits per heavy atom. The summed E-state index contributed by atoms with van der Waals surface area (Å²) in [5.74, 6) is -2.99. The van der Waals surface area contributed by atoms with E-state index in [1.165, 1.54) is 3.96 Å². The van der Waals surface area contributed by atoms with Gasteiger partial charge in [0, 0.05) is 11.6 Å². The minimum absolute atomic E-state index is 0.107. The lowest BCUT2D eigenvalue weighted by Gasteiger charge is -2.35.